The van der Waals surface area contributed by atoms with Crippen LogP contribution in [0.5, 0.6) is 0 Å². The molecule has 0 atom stereocenters. The summed E-state index contributed by atoms with van der Waals surface area (Å²) in [7, 11) is 7.00. The summed E-state index contributed by atoms with van der Waals surface area (Å²) in [5, 5.41) is 14.1. The van der Waals surface area contributed by atoms with Crippen LogP contribution in [-0.2, 0) is 16.5 Å². The number of hydrogen-bond acceptors (Lipinski definition) is 7. The van der Waals surface area contributed by atoms with E-state index in [2.05, 4.69) is 425 Å². The fourth-order valence-electron chi connectivity index (χ4n) is 15.4. The summed E-state index contributed by atoms with van der Waals surface area (Å²) < 4.78 is 37.9. The summed E-state index contributed by atoms with van der Waals surface area (Å²) in [6, 6.07) is 101. The molecule has 0 saturated carbocycles. The molecule has 135 heavy (non-hydrogen) atoms. The quantitative estimate of drug-likeness (QED) is 0.127. The molecule has 14 aromatic carbocycles. The van der Waals surface area contributed by atoms with Crippen molar-refractivity contribution in [1.82, 2.24) is 4.98 Å². The van der Waals surface area contributed by atoms with E-state index in [1.165, 1.54) is 202 Å². The SMILES string of the molecule is C.CCc1ccccc1C.Cc1c(C)c(C)c(C)c(C)c1C.Cc1cc2ccccc2cc1C.Cc1cc2cccnc2cc1C.Cc1ccc2c(c1)C(C)(C)c1ccccc1-2.Cc1ccc2ccccc2c1C.Cc1ccc2ccccc2c1C.Cc1ccoc1C.Cc1ccsc1C.Cc1oc2ccccc2c1C.Cc1sc2ccccc2c1C.F.O=Cc1ccccc1.[3H]F.[3H][B].[B]=O. The summed E-state index contributed by atoms with van der Waals surface area (Å²) in [4.78, 5) is 17.2. The normalized spacial score (nSPS) is 10.5. The van der Waals surface area contributed by atoms with Gasteiger partial charge in [0.1, 0.15) is 23.4 Å². The van der Waals surface area contributed by atoms with Crippen LogP contribution in [0.15, 0.2) is 318 Å². The second kappa shape index (κ2) is 55.8. The zero-order valence-electron chi connectivity index (χ0n) is 86.1. The average molecular weight is 1840 g/mol. The molecule has 5 nitrogen and oxygen atoms in total. The topological polar surface area (TPSA) is 73.3 Å². The molecule has 0 saturated heterocycles. The van der Waals surface area contributed by atoms with Gasteiger partial charge in [-0.1, -0.05) is 282 Å². The molecule has 0 N–H and O–H groups in total. The van der Waals surface area contributed by atoms with Crippen LogP contribution in [0.25, 0.3) is 75.4 Å². The number of carbonyl (C=O) groups excluding carboxylic acids is 1. The molecule has 0 unspecified atom stereocenters. The number of para-hydroxylation sites is 1. The zero-order chi connectivity index (χ0) is 99.8. The number of thiophene rings is 2. The number of nitrogens with zero attached hydrogens (tertiary/aromatic N) is 1. The van der Waals surface area contributed by atoms with Crippen LogP contribution in [0.4, 0.5) is 9.42 Å². The maximum atomic E-state index is 10.0. The van der Waals surface area contributed by atoms with Gasteiger partial charge in [-0.3, -0.25) is 19.2 Å². The van der Waals surface area contributed by atoms with Gasteiger partial charge in [0.2, 0.25) is 0 Å². The molecular weight excluding hydrogens is 1690 g/mol. The van der Waals surface area contributed by atoms with E-state index in [0.29, 0.717) is 0 Å². The van der Waals surface area contributed by atoms with E-state index < -0.39 is 0 Å². The summed E-state index contributed by atoms with van der Waals surface area (Å²) in [6.07, 6.45) is 5.51. The fourth-order valence-corrected chi connectivity index (χ4v) is 17.2. The third kappa shape index (κ3) is 31.4. The Morgan fingerprint density at radius 1 is 0.370 bits per heavy atom. The van der Waals surface area contributed by atoms with Crippen molar-refractivity contribution < 1.29 is 27.8 Å². The first-order chi connectivity index (χ1) is 64.6. The third-order valence-corrected chi connectivity index (χ3v) is 27.7. The number of benzene rings is 14. The van der Waals surface area contributed by atoms with Crippen LogP contribution in [0, 0.1) is 166 Å². The summed E-state index contributed by atoms with van der Waals surface area (Å²) in [6.45, 7) is 58.3. The van der Waals surface area contributed by atoms with Gasteiger partial charge in [-0.2, -0.15) is 0 Å². The number of aldehydes is 1. The number of rotatable bonds is 2. The van der Waals surface area contributed by atoms with Crippen molar-refractivity contribution in [3.05, 3.63) is 464 Å². The molecule has 0 bridgehead atoms. The van der Waals surface area contributed by atoms with E-state index in [-0.39, 0.29) is 17.5 Å². The summed E-state index contributed by atoms with van der Waals surface area (Å²) >= 11 is 3.68. The van der Waals surface area contributed by atoms with Crippen molar-refractivity contribution in [1.29, 1.82) is 2.79 Å². The van der Waals surface area contributed by atoms with Crippen molar-refractivity contribution >= 4 is 109 Å². The minimum atomic E-state index is 0. The Bertz CT molecular complexity index is 6450. The van der Waals surface area contributed by atoms with Crippen molar-refractivity contribution in [2.24, 2.45) is 0 Å². The monoisotopic (exact) mass is 1840 g/mol. The Balaban J connectivity index is 0.000000312. The van der Waals surface area contributed by atoms with E-state index in [9.17, 15) is 4.79 Å². The van der Waals surface area contributed by atoms with E-state index in [0.717, 1.165) is 40.9 Å². The first-order valence-corrected chi connectivity index (χ1v) is 47.0. The number of aromatic nitrogens is 1. The van der Waals surface area contributed by atoms with Gasteiger partial charge in [-0.25, -0.2) is 0 Å². The molecule has 1 aliphatic carbocycles. The number of furan rings is 2. The fraction of sp³-hybridized carbons (Fsp3) is 0.242. The van der Waals surface area contributed by atoms with Crippen molar-refractivity contribution in [2.45, 2.75) is 206 Å². The number of aryl methyl sites for hydroxylation is 19. The number of carbonyl (C=O) groups is 1. The van der Waals surface area contributed by atoms with E-state index in [1.54, 1.807) is 29.7 Å². The van der Waals surface area contributed by atoms with Crippen molar-refractivity contribution in [2.75, 3.05) is 0 Å². The van der Waals surface area contributed by atoms with Crippen LogP contribution < -0.4 is 0 Å². The molecule has 0 amide bonds. The van der Waals surface area contributed by atoms with Gasteiger partial charge < -0.3 is 8.83 Å². The Morgan fingerprint density at radius 2 is 0.815 bits per heavy atom. The maximum absolute atomic E-state index is 10.0. The molecule has 3 radical (unpaired) electrons. The predicted octanol–water partition coefficient (Wildman–Crippen LogP) is 35.7. The molecule has 11 heteroatoms. The van der Waals surface area contributed by atoms with Gasteiger partial charge in [0.15, 0.2) is 0 Å². The Labute approximate surface area is 820 Å². The van der Waals surface area contributed by atoms with E-state index >= 15 is 0 Å². The van der Waals surface area contributed by atoms with Gasteiger partial charge in [-0.05, 0) is 393 Å². The molecule has 0 fully saturated rings. The third-order valence-electron chi connectivity index (χ3n) is 25.6. The van der Waals surface area contributed by atoms with Gasteiger partial charge in [-0.15, -0.1) is 22.7 Å². The second-order valence-electron chi connectivity index (χ2n) is 34.5. The van der Waals surface area contributed by atoms with E-state index in [4.69, 9.17) is 19.6 Å². The molecular formula is C124H142B2F2NO4S2. The summed E-state index contributed by atoms with van der Waals surface area (Å²) in [5.74, 6) is 2.03. The first-order valence-electron chi connectivity index (χ1n) is 46.2. The van der Waals surface area contributed by atoms with Gasteiger partial charge in [0.25, 0.3) is 1.45 Å². The molecule has 5 aromatic heterocycles. The number of halogens is 2. The van der Waals surface area contributed by atoms with Crippen LogP contribution in [0.3, 0.4) is 0 Å². The standard InChI is InChI=1S/C16H16.3C12H12.C12H18.C11H11N.C10H10O.C10H10S.C9H12.C7H6O.C6H8O.C6H8S.CH4.BO.BH.2FH/c1-11-8-9-13-12-6-4-5-7-14(12)16(2,3)15(13)10-11;1-9-7-11-5-3-4-6-12(11)8-10(9)2;2*1-9-7-8-11-5-3-4-6-12(11)10(9)2;1-7-8(2)10(4)12(6)11(5)9(7)3;1-8-6-10-4-3-5-12-11(10)7-9(8)2;2*1-7-8(2)11-10-6-4-3-5-9(7)10;1-3-9-7-5-4-6-8(9)2;8-6-7-4-2-1-3-5-7;2*1-5-3-4-7-6(5)2;;1-2;;;/h4-10H,1-3H3;3*3-8H,1-2H3;1-6H3;3-7H,1-2H3;2*3-6H,1-2H3;4-7H,3H2,1-2H3;1-6H;2*3-4H,1-2H3;1H4;;3*1H/i;;;;;;;;;;;;;;1T;;/hT. The molecule has 1 aliphatic rings. The molecule has 20 rings (SSSR count). The number of fused-ring (bicyclic) bond motifs is 9. The molecule has 0 aliphatic heterocycles. The Kier molecular flexibility index (Phi) is 45.8. The Morgan fingerprint density at radius 3 is 1.26 bits per heavy atom. The van der Waals surface area contributed by atoms with Crippen LogP contribution in [0.2, 0.25) is 0 Å². The Hall–Kier alpha value is -12.8. The minimum absolute atomic E-state index is 0. The second-order valence-corrected chi connectivity index (χ2v) is 36.9. The van der Waals surface area contributed by atoms with Gasteiger partial charge in [0, 0.05) is 50.8 Å². The number of hydrogen-bond donors (Lipinski definition) is 0. The molecule has 19 aromatic rings. The van der Waals surface area contributed by atoms with Crippen molar-refractivity contribution in [3.63, 3.8) is 0 Å². The van der Waals surface area contributed by atoms with Gasteiger partial charge in [0.05, 0.1) is 11.8 Å². The number of pyridine rings is 1. The first kappa shape index (κ1) is 111. The molecule has 699 valence electrons. The molecule has 5 heterocycles. The predicted molar refractivity (Wildman–Crippen MR) is 592 cm³/mol. The van der Waals surface area contributed by atoms with E-state index in [1.807, 2.05) is 86.8 Å². The van der Waals surface area contributed by atoms with Crippen LogP contribution in [-0.4, -0.2) is 30.1 Å². The van der Waals surface area contributed by atoms with Gasteiger partial charge >= 0.3 is 12.4 Å². The summed E-state index contributed by atoms with van der Waals surface area (Å²) in [5.41, 5.74) is 37.8. The van der Waals surface area contributed by atoms with Crippen molar-refractivity contribution in [3.8, 4) is 11.1 Å². The van der Waals surface area contributed by atoms with Crippen LogP contribution in [0.1, 0.15) is 188 Å². The molecule has 0 spiro atoms. The van der Waals surface area contributed by atoms with Crippen LogP contribution >= 0.6 is 22.7 Å². The zero-order valence-corrected chi connectivity index (χ0v) is 85.7. The average Bonchev–Trinajstić information content (AvgIpc) is 1.58.